The highest BCUT2D eigenvalue weighted by atomic mass is 79.9. The number of hydrogen-bond acceptors (Lipinski definition) is 2. The smallest absolute Gasteiger partial charge is 0.251 e. The highest BCUT2D eigenvalue weighted by molar-refractivity contribution is 9.10. The molecule has 0 aliphatic heterocycles. The molecule has 2 rings (SSSR count). The van der Waals surface area contributed by atoms with E-state index < -0.39 is 0 Å². The van der Waals surface area contributed by atoms with E-state index >= 15 is 0 Å². The van der Waals surface area contributed by atoms with Gasteiger partial charge in [-0.15, -0.1) is 0 Å². The fraction of sp³-hybridized carbons (Fsp3) is 0.188. The van der Waals surface area contributed by atoms with Crippen molar-refractivity contribution < 1.29 is 4.79 Å². The molecule has 0 atom stereocenters. The number of carbonyl (C=O) groups is 1. The Morgan fingerprint density at radius 1 is 1.24 bits per heavy atom. The molecule has 2 N–H and O–H groups in total. The summed E-state index contributed by atoms with van der Waals surface area (Å²) in [5, 5.41) is 6.65. The number of carbonyl (C=O) groups excluding carboxylic acids is 1. The molecule has 5 heteroatoms. The van der Waals surface area contributed by atoms with Gasteiger partial charge in [-0.05, 0) is 58.2 Å². The molecule has 0 aliphatic carbocycles. The highest BCUT2D eigenvalue weighted by Gasteiger charge is 2.06. The predicted molar refractivity (Wildman–Crippen MR) is 91.0 cm³/mol. The number of rotatable bonds is 4. The van der Waals surface area contributed by atoms with E-state index in [1.54, 1.807) is 7.05 Å². The average molecular weight is 368 g/mol. The molecule has 0 aromatic heterocycles. The number of anilines is 1. The van der Waals surface area contributed by atoms with Gasteiger partial charge in [0, 0.05) is 29.3 Å². The van der Waals surface area contributed by atoms with Gasteiger partial charge in [-0.2, -0.15) is 0 Å². The second-order valence-electron chi connectivity index (χ2n) is 4.71. The molecule has 0 spiro atoms. The van der Waals surface area contributed by atoms with Crippen molar-refractivity contribution in [3.05, 3.63) is 62.6 Å². The van der Waals surface area contributed by atoms with Crippen LogP contribution < -0.4 is 10.6 Å². The first-order valence-electron chi connectivity index (χ1n) is 6.52. The molecular weight excluding hydrogens is 352 g/mol. The van der Waals surface area contributed by atoms with Crippen LogP contribution in [0, 0.1) is 6.92 Å². The zero-order valence-electron chi connectivity index (χ0n) is 11.8. The summed E-state index contributed by atoms with van der Waals surface area (Å²) in [6.07, 6.45) is 0. The summed E-state index contributed by atoms with van der Waals surface area (Å²) >= 11 is 9.46. The Morgan fingerprint density at radius 3 is 2.67 bits per heavy atom. The second-order valence-corrected chi connectivity index (χ2v) is 5.97. The minimum Gasteiger partial charge on any atom is -0.381 e. The van der Waals surface area contributed by atoms with Crippen LogP contribution in [-0.4, -0.2) is 13.0 Å². The van der Waals surface area contributed by atoms with Crippen LogP contribution in [0.4, 0.5) is 5.69 Å². The third kappa shape index (κ3) is 3.99. The Morgan fingerprint density at radius 2 is 2.00 bits per heavy atom. The van der Waals surface area contributed by atoms with Crippen molar-refractivity contribution in [2.45, 2.75) is 13.5 Å². The van der Waals surface area contributed by atoms with Crippen LogP contribution in [0.15, 0.2) is 40.9 Å². The van der Waals surface area contributed by atoms with Gasteiger partial charge in [0.1, 0.15) is 0 Å². The average Bonchev–Trinajstić information content (AvgIpc) is 2.49. The predicted octanol–water partition coefficient (Wildman–Crippen LogP) is 4.38. The molecule has 0 heterocycles. The number of aryl methyl sites for hydroxylation is 1. The Kier molecular flexibility index (Phi) is 5.26. The van der Waals surface area contributed by atoms with E-state index in [0.29, 0.717) is 17.1 Å². The van der Waals surface area contributed by atoms with Crippen LogP contribution in [0.3, 0.4) is 0 Å². The molecule has 0 radical (unpaired) electrons. The van der Waals surface area contributed by atoms with Gasteiger partial charge in [-0.3, -0.25) is 4.79 Å². The normalized spacial score (nSPS) is 10.3. The maximum absolute atomic E-state index is 11.7. The van der Waals surface area contributed by atoms with Crippen LogP contribution >= 0.6 is 27.5 Å². The van der Waals surface area contributed by atoms with Gasteiger partial charge in [0.15, 0.2) is 0 Å². The third-order valence-electron chi connectivity index (χ3n) is 3.19. The molecule has 110 valence electrons. The largest absolute Gasteiger partial charge is 0.381 e. The standard InChI is InChI=1S/C16H16BrClN2O/c1-10-3-5-12(16(21)19-2)8-15(10)20-9-11-4-6-13(17)14(18)7-11/h3-8,20H,9H2,1-2H3,(H,19,21). The van der Waals surface area contributed by atoms with Crippen LogP contribution in [0.1, 0.15) is 21.5 Å². The Bertz CT molecular complexity index is 673. The second kappa shape index (κ2) is 6.96. The third-order valence-corrected chi connectivity index (χ3v) is 4.43. The Balaban J connectivity index is 2.15. The van der Waals surface area contributed by atoms with Gasteiger partial charge >= 0.3 is 0 Å². The Labute approximate surface area is 137 Å². The Hall–Kier alpha value is -1.52. The van der Waals surface area contributed by atoms with Crippen molar-refractivity contribution in [2.24, 2.45) is 0 Å². The van der Waals surface area contributed by atoms with Gasteiger partial charge in [-0.1, -0.05) is 23.7 Å². The van der Waals surface area contributed by atoms with Gasteiger partial charge in [-0.25, -0.2) is 0 Å². The molecule has 0 saturated carbocycles. The minimum absolute atomic E-state index is 0.0928. The molecule has 3 nitrogen and oxygen atoms in total. The van der Waals surface area contributed by atoms with Crippen molar-refractivity contribution in [3.8, 4) is 0 Å². The highest BCUT2D eigenvalue weighted by Crippen LogP contribution is 2.24. The van der Waals surface area contributed by atoms with Crippen molar-refractivity contribution >= 4 is 39.1 Å². The first-order chi connectivity index (χ1) is 10.0. The lowest BCUT2D eigenvalue weighted by atomic mass is 10.1. The van der Waals surface area contributed by atoms with Crippen LogP contribution in [0.25, 0.3) is 0 Å². The summed E-state index contributed by atoms with van der Waals surface area (Å²) in [4.78, 5) is 11.7. The molecule has 2 aromatic carbocycles. The number of benzene rings is 2. The van der Waals surface area contributed by atoms with Crippen molar-refractivity contribution in [1.29, 1.82) is 0 Å². The van der Waals surface area contributed by atoms with Gasteiger partial charge in [0.2, 0.25) is 0 Å². The summed E-state index contributed by atoms with van der Waals surface area (Å²) in [6.45, 7) is 2.65. The lowest BCUT2D eigenvalue weighted by Gasteiger charge is -2.12. The summed E-state index contributed by atoms with van der Waals surface area (Å²) in [5.74, 6) is -0.0928. The van der Waals surface area contributed by atoms with Gasteiger partial charge in [0.05, 0.1) is 5.02 Å². The first-order valence-corrected chi connectivity index (χ1v) is 7.69. The monoisotopic (exact) mass is 366 g/mol. The molecule has 0 fully saturated rings. The minimum atomic E-state index is -0.0928. The van der Waals surface area contributed by atoms with Crippen LogP contribution in [0.2, 0.25) is 5.02 Å². The number of nitrogens with one attached hydrogen (secondary N) is 2. The lowest BCUT2D eigenvalue weighted by molar-refractivity contribution is 0.0963. The topological polar surface area (TPSA) is 41.1 Å². The van der Waals surface area contributed by atoms with Crippen molar-refractivity contribution in [3.63, 3.8) is 0 Å². The molecule has 0 bridgehead atoms. The van der Waals surface area contributed by atoms with Crippen LogP contribution in [0.5, 0.6) is 0 Å². The SMILES string of the molecule is CNC(=O)c1ccc(C)c(NCc2ccc(Br)c(Cl)c2)c1. The summed E-state index contributed by atoms with van der Waals surface area (Å²) in [7, 11) is 1.62. The van der Waals surface area contributed by atoms with Gasteiger partial charge in [0.25, 0.3) is 5.91 Å². The van der Waals surface area contributed by atoms with E-state index in [2.05, 4.69) is 26.6 Å². The maximum Gasteiger partial charge on any atom is 0.251 e. The van der Waals surface area contributed by atoms with E-state index in [0.717, 1.165) is 21.3 Å². The number of hydrogen-bond donors (Lipinski definition) is 2. The van der Waals surface area contributed by atoms with Crippen molar-refractivity contribution in [2.75, 3.05) is 12.4 Å². The first kappa shape index (κ1) is 15.9. The molecule has 21 heavy (non-hydrogen) atoms. The maximum atomic E-state index is 11.7. The van der Waals surface area contributed by atoms with E-state index in [-0.39, 0.29) is 5.91 Å². The zero-order valence-corrected chi connectivity index (χ0v) is 14.2. The molecule has 0 aliphatic rings. The van der Waals surface area contributed by atoms with Gasteiger partial charge < -0.3 is 10.6 Å². The van der Waals surface area contributed by atoms with E-state index in [1.165, 1.54) is 0 Å². The molecule has 0 unspecified atom stereocenters. The van der Waals surface area contributed by atoms with Crippen LogP contribution in [-0.2, 0) is 6.54 Å². The van der Waals surface area contributed by atoms with Crippen molar-refractivity contribution in [1.82, 2.24) is 5.32 Å². The van der Waals surface area contributed by atoms with E-state index in [9.17, 15) is 4.79 Å². The van der Waals surface area contributed by atoms with E-state index in [4.69, 9.17) is 11.6 Å². The fourth-order valence-corrected chi connectivity index (χ4v) is 2.39. The summed E-state index contributed by atoms with van der Waals surface area (Å²) in [5.41, 5.74) is 3.74. The number of halogens is 2. The lowest BCUT2D eigenvalue weighted by Crippen LogP contribution is -2.18. The van der Waals surface area contributed by atoms with E-state index in [1.807, 2.05) is 43.3 Å². The molecule has 0 saturated heterocycles. The molecule has 1 amide bonds. The molecule has 2 aromatic rings. The molecular formula is C16H16BrClN2O. The quantitative estimate of drug-likeness (QED) is 0.842. The summed E-state index contributed by atoms with van der Waals surface area (Å²) < 4.78 is 0.880. The summed E-state index contributed by atoms with van der Waals surface area (Å²) in [6, 6.07) is 11.4. The number of amides is 1. The fourth-order valence-electron chi connectivity index (χ4n) is 1.94. The zero-order chi connectivity index (χ0) is 15.4.